The Bertz CT molecular complexity index is 605. The standard InChI is InChI=1S/C17H24N4O3/c1-23-16-8-15(18-11-19-16)21-9-13(12-4-7-24-14(12)10-21)17(22)20-5-2-3-6-20/h8,11-14H,2-7,9-10H2,1H3/t12-,13+,14+/m0/s1. The number of methoxy groups -OCH3 is 1. The molecule has 3 aliphatic heterocycles. The zero-order valence-corrected chi connectivity index (χ0v) is 14.1. The van der Waals surface area contributed by atoms with Crippen molar-refractivity contribution in [3.8, 4) is 5.88 Å². The van der Waals surface area contributed by atoms with E-state index in [-0.39, 0.29) is 12.0 Å². The van der Waals surface area contributed by atoms with Crippen LogP contribution in [0.4, 0.5) is 5.82 Å². The van der Waals surface area contributed by atoms with Crippen LogP contribution in [0.25, 0.3) is 0 Å². The Morgan fingerprint density at radius 2 is 2.12 bits per heavy atom. The van der Waals surface area contributed by atoms with E-state index in [2.05, 4.69) is 14.9 Å². The normalized spacial score (nSPS) is 29.6. The molecule has 4 heterocycles. The summed E-state index contributed by atoms with van der Waals surface area (Å²) in [6.45, 7) is 4.01. The first-order valence-corrected chi connectivity index (χ1v) is 8.77. The highest BCUT2D eigenvalue weighted by molar-refractivity contribution is 5.80. The lowest BCUT2D eigenvalue weighted by Crippen LogP contribution is -2.53. The number of hydrogen-bond donors (Lipinski definition) is 0. The molecule has 0 aliphatic carbocycles. The number of likely N-dealkylation sites (tertiary alicyclic amines) is 1. The van der Waals surface area contributed by atoms with E-state index in [1.54, 1.807) is 7.11 Å². The van der Waals surface area contributed by atoms with Crippen LogP contribution in [0.3, 0.4) is 0 Å². The second-order valence-corrected chi connectivity index (χ2v) is 6.82. The third kappa shape index (κ3) is 2.81. The third-order valence-electron chi connectivity index (χ3n) is 5.49. The summed E-state index contributed by atoms with van der Waals surface area (Å²) in [5.41, 5.74) is 0. The number of piperidine rings is 1. The summed E-state index contributed by atoms with van der Waals surface area (Å²) in [5.74, 6) is 1.95. The van der Waals surface area contributed by atoms with Crippen molar-refractivity contribution in [1.82, 2.24) is 14.9 Å². The van der Waals surface area contributed by atoms with Gasteiger partial charge in [0, 0.05) is 44.8 Å². The molecule has 24 heavy (non-hydrogen) atoms. The predicted octanol–water partition coefficient (Wildman–Crippen LogP) is 0.949. The first-order chi connectivity index (χ1) is 11.8. The van der Waals surface area contributed by atoms with E-state index in [1.165, 1.54) is 6.33 Å². The molecule has 3 fully saturated rings. The van der Waals surface area contributed by atoms with Gasteiger partial charge in [0.1, 0.15) is 12.1 Å². The number of anilines is 1. The highest BCUT2D eigenvalue weighted by atomic mass is 16.5. The second kappa shape index (κ2) is 6.55. The van der Waals surface area contributed by atoms with Gasteiger partial charge in [-0.05, 0) is 19.3 Å². The minimum absolute atomic E-state index is 0.00897. The monoisotopic (exact) mass is 332 g/mol. The van der Waals surface area contributed by atoms with Crippen molar-refractivity contribution in [3.05, 3.63) is 12.4 Å². The van der Waals surface area contributed by atoms with Crippen LogP contribution in [0.2, 0.25) is 0 Å². The Kier molecular flexibility index (Phi) is 4.26. The van der Waals surface area contributed by atoms with Gasteiger partial charge in [0.25, 0.3) is 0 Å². The van der Waals surface area contributed by atoms with E-state index in [1.807, 2.05) is 11.0 Å². The summed E-state index contributed by atoms with van der Waals surface area (Å²) >= 11 is 0. The molecule has 1 amide bonds. The number of carbonyl (C=O) groups excluding carboxylic acids is 1. The van der Waals surface area contributed by atoms with Crippen LogP contribution < -0.4 is 9.64 Å². The largest absolute Gasteiger partial charge is 0.481 e. The predicted molar refractivity (Wildman–Crippen MR) is 87.9 cm³/mol. The number of rotatable bonds is 3. The van der Waals surface area contributed by atoms with Gasteiger partial charge < -0.3 is 19.3 Å². The molecule has 3 aliphatic rings. The number of aromatic nitrogens is 2. The van der Waals surface area contributed by atoms with E-state index in [9.17, 15) is 4.79 Å². The van der Waals surface area contributed by atoms with Crippen molar-refractivity contribution in [3.63, 3.8) is 0 Å². The average molecular weight is 332 g/mol. The van der Waals surface area contributed by atoms with Crippen LogP contribution in [0.15, 0.2) is 12.4 Å². The Morgan fingerprint density at radius 3 is 2.92 bits per heavy atom. The van der Waals surface area contributed by atoms with Gasteiger partial charge in [0.2, 0.25) is 11.8 Å². The van der Waals surface area contributed by atoms with Crippen molar-refractivity contribution < 1.29 is 14.3 Å². The van der Waals surface area contributed by atoms with Gasteiger partial charge >= 0.3 is 0 Å². The van der Waals surface area contributed by atoms with Gasteiger partial charge in [-0.3, -0.25) is 4.79 Å². The van der Waals surface area contributed by atoms with Crippen LogP contribution >= 0.6 is 0 Å². The summed E-state index contributed by atoms with van der Waals surface area (Å²) in [7, 11) is 1.60. The van der Waals surface area contributed by atoms with Gasteiger partial charge in [0.05, 0.1) is 19.1 Å². The maximum atomic E-state index is 13.0. The SMILES string of the molecule is COc1cc(N2C[C@H]3OCC[C@H]3[C@H](C(=O)N3CCCC3)C2)ncn1. The Labute approximate surface area is 142 Å². The molecule has 0 N–H and O–H groups in total. The quantitative estimate of drug-likeness (QED) is 0.821. The molecular weight excluding hydrogens is 308 g/mol. The molecule has 0 saturated carbocycles. The molecule has 4 rings (SSSR count). The van der Waals surface area contributed by atoms with Crippen molar-refractivity contribution in [2.45, 2.75) is 25.4 Å². The lowest BCUT2D eigenvalue weighted by atomic mass is 9.82. The topological polar surface area (TPSA) is 67.8 Å². The molecule has 0 radical (unpaired) electrons. The van der Waals surface area contributed by atoms with E-state index in [0.29, 0.717) is 24.2 Å². The van der Waals surface area contributed by atoms with Crippen LogP contribution in [-0.2, 0) is 9.53 Å². The molecule has 3 saturated heterocycles. The average Bonchev–Trinajstić information content (AvgIpc) is 3.31. The fraction of sp³-hybridized carbons (Fsp3) is 0.706. The smallest absolute Gasteiger partial charge is 0.227 e. The number of nitrogens with zero attached hydrogens (tertiary/aromatic N) is 4. The second-order valence-electron chi connectivity index (χ2n) is 6.82. The summed E-state index contributed by atoms with van der Waals surface area (Å²) in [5, 5.41) is 0. The molecule has 0 bridgehead atoms. The van der Waals surface area contributed by atoms with Crippen molar-refractivity contribution >= 4 is 11.7 Å². The maximum absolute atomic E-state index is 13.0. The molecule has 1 aromatic heterocycles. The Balaban J connectivity index is 1.57. The fourth-order valence-corrected chi connectivity index (χ4v) is 4.21. The van der Waals surface area contributed by atoms with Gasteiger partial charge in [0.15, 0.2) is 0 Å². The molecule has 130 valence electrons. The Morgan fingerprint density at radius 1 is 1.29 bits per heavy atom. The fourth-order valence-electron chi connectivity index (χ4n) is 4.21. The van der Waals surface area contributed by atoms with E-state index in [0.717, 1.165) is 51.3 Å². The lowest BCUT2D eigenvalue weighted by molar-refractivity contribution is -0.137. The maximum Gasteiger partial charge on any atom is 0.227 e. The number of fused-ring (bicyclic) bond motifs is 1. The summed E-state index contributed by atoms with van der Waals surface area (Å²) in [4.78, 5) is 25.7. The highest BCUT2D eigenvalue weighted by Gasteiger charge is 2.45. The number of amides is 1. The van der Waals surface area contributed by atoms with Crippen molar-refractivity contribution in [2.24, 2.45) is 11.8 Å². The molecule has 1 aromatic rings. The minimum atomic E-state index is -0.00897. The van der Waals surface area contributed by atoms with E-state index < -0.39 is 0 Å². The summed E-state index contributed by atoms with van der Waals surface area (Å²) in [6, 6.07) is 1.83. The van der Waals surface area contributed by atoms with Gasteiger partial charge in [-0.25, -0.2) is 9.97 Å². The minimum Gasteiger partial charge on any atom is -0.481 e. The first kappa shape index (κ1) is 15.6. The first-order valence-electron chi connectivity index (χ1n) is 8.77. The highest BCUT2D eigenvalue weighted by Crippen LogP contribution is 2.36. The molecule has 0 aromatic carbocycles. The van der Waals surface area contributed by atoms with Gasteiger partial charge in [-0.2, -0.15) is 0 Å². The third-order valence-corrected chi connectivity index (χ3v) is 5.49. The molecule has 0 unspecified atom stereocenters. The Hall–Kier alpha value is -1.89. The summed E-state index contributed by atoms with van der Waals surface area (Å²) in [6.07, 6.45) is 4.84. The van der Waals surface area contributed by atoms with E-state index >= 15 is 0 Å². The van der Waals surface area contributed by atoms with Crippen molar-refractivity contribution in [1.29, 1.82) is 0 Å². The van der Waals surface area contributed by atoms with Crippen LogP contribution in [-0.4, -0.2) is 66.8 Å². The number of hydrogen-bond acceptors (Lipinski definition) is 6. The van der Waals surface area contributed by atoms with Gasteiger partial charge in [-0.1, -0.05) is 0 Å². The molecule has 0 spiro atoms. The molecule has 7 nitrogen and oxygen atoms in total. The molecule has 3 atom stereocenters. The molecule has 7 heteroatoms. The van der Waals surface area contributed by atoms with Gasteiger partial charge in [-0.15, -0.1) is 0 Å². The molecular formula is C17H24N4O3. The lowest BCUT2D eigenvalue weighted by Gasteiger charge is -2.41. The van der Waals surface area contributed by atoms with Crippen LogP contribution in [0.1, 0.15) is 19.3 Å². The summed E-state index contributed by atoms with van der Waals surface area (Å²) < 4.78 is 11.1. The number of ether oxygens (including phenoxy) is 2. The number of carbonyl (C=O) groups is 1. The van der Waals surface area contributed by atoms with Crippen LogP contribution in [0, 0.1) is 11.8 Å². The van der Waals surface area contributed by atoms with E-state index in [4.69, 9.17) is 9.47 Å². The van der Waals surface area contributed by atoms with Crippen LogP contribution in [0.5, 0.6) is 5.88 Å². The van der Waals surface area contributed by atoms with Crippen molar-refractivity contribution in [2.75, 3.05) is 44.8 Å². The zero-order valence-electron chi connectivity index (χ0n) is 14.1. The zero-order chi connectivity index (χ0) is 16.5.